The predicted octanol–water partition coefficient (Wildman–Crippen LogP) is 1.86. The second kappa shape index (κ2) is 5.86. The summed E-state index contributed by atoms with van der Waals surface area (Å²) in [6.45, 7) is 0.0332. The number of carbonyl (C=O) groups is 1. The lowest BCUT2D eigenvalue weighted by Crippen LogP contribution is -2.28. The molecular formula is C11H9F2N3O3. The molecule has 0 fully saturated rings. The molecule has 1 rings (SSSR count). The second-order valence-corrected chi connectivity index (χ2v) is 3.68. The van der Waals surface area contributed by atoms with Crippen molar-refractivity contribution in [1.82, 2.24) is 4.90 Å². The molecule has 0 spiro atoms. The smallest absolute Gasteiger partial charge is 0.285 e. The summed E-state index contributed by atoms with van der Waals surface area (Å²) in [5.74, 6) is -3.59. The Balaban J connectivity index is 3.18. The van der Waals surface area contributed by atoms with Crippen molar-refractivity contribution < 1.29 is 18.5 Å². The van der Waals surface area contributed by atoms with Crippen LogP contribution in [0.4, 0.5) is 14.5 Å². The molecule has 0 heterocycles. The normalized spacial score (nSPS) is 9.79. The first-order chi connectivity index (χ1) is 8.88. The van der Waals surface area contributed by atoms with Gasteiger partial charge in [0, 0.05) is 13.6 Å². The first-order valence-electron chi connectivity index (χ1n) is 5.14. The third-order valence-corrected chi connectivity index (χ3v) is 2.37. The van der Waals surface area contributed by atoms with E-state index in [-0.39, 0.29) is 13.0 Å². The maximum atomic E-state index is 13.1. The SMILES string of the molecule is CN(CCC#N)C(=O)c1cc(F)c(F)cc1[N+](=O)[O-]. The molecule has 1 aromatic carbocycles. The van der Waals surface area contributed by atoms with Crippen molar-refractivity contribution >= 4 is 11.6 Å². The Kier molecular flexibility index (Phi) is 4.47. The Morgan fingerprint density at radius 2 is 2.05 bits per heavy atom. The van der Waals surface area contributed by atoms with Crippen LogP contribution in [0.25, 0.3) is 0 Å². The number of benzene rings is 1. The Bertz CT molecular complexity index is 569. The summed E-state index contributed by atoms with van der Waals surface area (Å²) in [5, 5.41) is 19.1. The van der Waals surface area contributed by atoms with E-state index in [0.717, 1.165) is 4.90 Å². The third kappa shape index (κ3) is 3.22. The number of halogens is 2. The summed E-state index contributed by atoms with van der Waals surface area (Å²) in [7, 11) is 1.31. The molecule has 0 saturated carbocycles. The molecule has 1 amide bonds. The van der Waals surface area contributed by atoms with Crippen LogP contribution in [0, 0.1) is 33.1 Å². The number of carbonyl (C=O) groups excluding carboxylic acids is 1. The van der Waals surface area contributed by atoms with Crippen LogP contribution in [0.15, 0.2) is 12.1 Å². The van der Waals surface area contributed by atoms with Crippen LogP contribution in [0.5, 0.6) is 0 Å². The van der Waals surface area contributed by atoms with Gasteiger partial charge in [0.05, 0.1) is 23.5 Å². The molecule has 0 saturated heterocycles. The molecule has 0 N–H and O–H groups in total. The number of nitro benzene ring substituents is 1. The number of hydrogen-bond acceptors (Lipinski definition) is 4. The fourth-order valence-electron chi connectivity index (χ4n) is 1.38. The van der Waals surface area contributed by atoms with Crippen LogP contribution in [-0.4, -0.2) is 29.3 Å². The zero-order valence-electron chi connectivity index (χ0n) is 9.89. The molecule has 0 aliphatic heterocycles. The van der Waals surface area contributed by atoms with Gasteiger partial charge in [-0.3, -0.25) is 14.9 Å². The highest BCUT2D eigenvalue weighted by atomic mass is 19.2. The molecule has 6 nitrogen and oxygen atoms in total. The van der Waals surface area contributed by atoms with Gasteiger partial charge in [-0.25, -0.2) is 8.78 Å². The van der Waals surface area contributed by atoms with E-state index in [1.807, 2.05) is 0 Å². The van der Waals surface area contributed by atoms with Crippen LogP contribution >= 0.6 is 0 Å². The lowest BCUT2D eigenvalue weighted by Gasteiger charge is -2.15. The Morgan fingerprint density at radius 3 is 2.58 bits per heavy atom. The molecule has 0 aromatic heterocycles. The highest BCUT2D eigenvalue weighted by Crippen LogP contribution is 2.23. The minimum atomic E-state index is -1.40. The van der Waals surface area contributed by atoms with Gasteiger partial charge in [0.1, 0.15) is 5.56 Å². The van der Waals surface area contributed by atoms with E-state index in [2.05, 4.69) is 0 Å². The lowest BCUT2D eigenvalue weighted by atomic mass is 10.1. The van der Waals surface area contributed by atoms with Gasteiger partial charge in [-0.1, -0.05) is 0 Å². The van der Waals surface area contributed by atoms with E-state index >= 15 is 0 Å². The van der Waals surface area contributed by atoms with E-state index in [0.29, 0.717) is 12.1 Å². The Labute approximate surface area is 107 Å². The van der Waals surface area contributed by atoms with E-state index in [1.165, 1.54) is 7.05 Å². The van der Waals surface area contributed by atoms with Crippen molar-refractivity contribution in [2.45, 2.75) is 6.42 Å². The molecular weight excluding hydrogens is 260 g/mol. The minimum Gasteiger partial charge on any atom is -0.340 e. The summed E-state index contributed by atoms with van der Waals surface area (Å²) >= 11 is 0. The summed E-state index contributed by atoms with van der Waals surface area (Å²) in [6.07, 6.45) is 0.0275. The van der Waals surface area contributed by atoms with Crippen molar-refractivity contribution in [3.63, 3.8) is 0 Å². The molecule has 19 heavy (non-hydrogen) atoms. The number of hydrogen-bond donors (Lipinski definition) is 0. The van der Waals surface area contributed by atoms with E-state index in [4.69, 9.17) is 5.26 Å². The van der Waals surface area contributed by atoms with Crippen LogP contribution in [0.1, 0.15) is 16.8 Å². The van der Waals surface area contributed by atoms with E-state index in [1.54, 1.807) is 6.07 Å². The van der Waals surface area contributed by atoms with Gasteiger partial charge in [0.15, 0.2) is 11.6 Å². The maximum Gasteiger partial charge on any atom is 0.285 e. The standard InChI is InChI=1S/C11H9F2N3O3/c1-15(4-2-3-14)11(17)7-5-8(12)9(13)6-10(7)16(18)19/h5-6H,2,4H2,1H3. The summed E-state index contributed by atoms with van der Waals surface area (Å²) in [6, 6.07) is 2.65. The van der Waals surface area contributed by atoms with Gasteiger partial charge in [0.2, 0.25) is 0 Å². The number of nitrogens with zero attached hydrogens (tertiary/aromatic N) is 3. The van der Waals surface area contributed by atoms with E-state index in [9.17, 15) is 23.7 Å². The predicted molar refractivity (Wildman–Crippen MR) is 60.2 cm³/mol. The first-order valence-corrected chi connectivity index (χ1v) is 5.14. The average molecular weight is 269 g/mol. The van der Waals surface area contributed by atoms with Gasteiger partial charge >= 0.3 is 0 Å². The topological polar surface area (TPSA) is 87.2 Å². The number of amides is 1. The number of rotatable bonds is 4. The zero-order valence-corrected chi connectivity index (χ0v) is 9.89. The van der Waals surface area contributed by atoms with Crippen LogP contribution in [0.2, 0.25) is 0 Å². The summed E-state index contributed by atoms with van der Waals surface area (Å²) in [5.41, 5.74) is -1.36. The zero-order chi connectivity index (χ0) is 14.6. The van der Waals surface area contributed by atoms with Crippen molar-refractivity contribution in [3.05, 3.63) is 39.4 Å². The van der Waals surface area contributed by atoms with Gasteiger partial charge < -0.3 is 4.90 Å². The molecule has 0 unspecified atom stereocenters. The highest BCUT2D eigenvalue weighted by Gasteiger charge is 2.25. The molecule has 0 aliphatic rings. The number of nitriles is 1. The quantitative estimate of drug-likeness (QED) is 0.616. The van der Waals surface area contributed by atoms with Crippen molar-refractivity contribution in [1.29, 1.82) is 5.26 Å². The number of nitro groups is 1. The van der Waals surface area contributed by atoms with Crippen LogP contribution < -0.4 is 0 Å². The Hall–Kier alpha value is -2.56. The van der Waals surface area contributed by atoms with Crippen LogP contribution in [-0.2, 0) is 0 Å². The van der Waals surface area contributed by atoms with Gasteiger partial charge in [0.25, 0.3) is 11.6 Å². The molecule has 0 bridgehead atoms. The van der Waals surface area contributed by atoms with Crippen molar-refractivity contribution in [3.8, 4) is 6.07 Å². The molecule has 1 aromatic rings. The minimum absolute atomic E-state index is 0.0275. The van der Waals surface area contributed by atoms with Gasteiger partial charge in [-0.15, -0.1) is 0 Å². The summed E-state index contributed by atoms with van der Waals surface area (Å²) < 4.78 is 26.0. The third-order valence-electron chi connectivity index (χ3n) is 2.37. The molecule has 0 radical (unpaired) electrons. The second-order valence-electron chi connectivity index (χ2n) is 3.68. The van der Waals surface area contributed by atoms with Crippen molar-refractivity contribution in [2.24, 2.45) is 0 Å². The fourth-order valence-corrected chi connectivity index (χ4v) is 1.38. The lowest BCUT2D eigenvalue weighted by molar-refractivity contribution is -0.385. The van der Waals surface area contributed by atoms with Gasteiger partial charge in [-0.2, -0.15) is 5.26 Å². The molecule has 100 valence electrons. The van der Waals surface area contributed by atoms with Crippen LogP contribution in [0.3, 0.4) is 0 Å². The first kappa shape index (κ1) is 14.5. The van der Waals surface area contributed by atoms with E-state index < -0.39 is 33.7 Å². The van der Waals surface area contributed by atoms with Crippen molar-refractivity contribution in [2.75, 3.05) is 13.6 Å². The Morgan fingerprint density at radius 1 is 1.47 bits per heavy atom. The summed E-state index contributed by atoms with van der Waals surface area (Å²) in [4.78, 5) is 22.6. The molecule has 0 aliphatic carbocycles. The fraction of sp³-hybridized carbons (Fsp3) is 0.273. The largest absolute Gasteiger partial charge is 0.340 e. The molecule has 0 atom stereocenters. The highest BCUT2D eigenvalue weighted by molar-refractivity contribution is 5.98. The maximum absolute atomic E-state index is 13.1. The monoisotopic (exact) mass is 269 g/mol. The average Bonchev–Trinajstić information content (AvgIpc) is 2.37. The van der Waals surface area contributed by atoms with Gasteiger partial charge in [-0.05, 0) is 6.07 Å². The molecule has 8 heteroatoms.